The van der Waals surface area contributed by atoms with Crippen LogP contribution in [0.15, 0.2) is 16.7 Å². The summed E-state index contributed by atoms with van der Waals surface area (Å²) in [6.07, 6.45) is 5.18. The van der Waals surface area contributed by atoms with Crippen LogP contribution in [0, 0.1) is 5.41 Å². The molecular formula is C14H24ClNO. The minimum Gasteiger partial charge on any atom is -0.453 e. The van der Waals surface area contributed by atoms with Crippen LogP contribution in [0.25, 0.3) is 0 Å². The third kappa shape index (κ3) is 5.13. The molecule has 0 fully saturated rings. The van der Waals surface area contributed by atoms with Gasteiger partial charge in [-0.1, -0.05) is 34.1 Å². The van der Waals surface area contributed by atoms with Gasteiger partial charge in [0.15, 0.2) is 5.22 Å². The molecular weight excluding hydrogens is 234 g/mol. The first-order chi connectivity index (χ1) is 7.94. The normalized spacial score (nSPS) is 13.9. The van der Waals surface area contributed by atoms with Crippen LogP contribution < -0.4 is 5.32 Å². The van der Waals surface area contributed by atoms with E-state index >= 15 is 0 Å². The van der Waals surface area contributed by atoms with Gasteiger partial charge < -0.3 is 9.73 Å². The quantitative estimate of drug-likeness (QED) is 0.792. The van der Waals surface area contributed by atoms with Crippen molar-refractivity contribution in [2.45, 2.75) is 53.0 Å². The third-order valence-corrected chi connectivity index (χ3v) is 3.20. The maximum atomic E-state index is 6.03. The van der Waals surface area contributed by atoms with Crippen molar-refractivity contribution in [2.24, 2.45) is 5.41 Å². The van der Waals surface area contributed by atoms with Crippen LogP contribution >= 0.6 is 11.6 Å². The molecule has 0 amide bonds. The SMILES string of the molecule is CCNC(CCCC(C)(C)C)c1ccoc1Cl. The van der Waals surface area contributed by atoms with Crippen LogP contribution in [0.3, 0.4) is 0 Å². The van der Waals surface area contributed by atoms with Crippen molar-refractivity contribution in [3.05, 3.63) is 23.1 Å². The molecule has 1 unspecified atom stereocenters. The highest BCUT2D eigenvalue weighted by Gasteiger charge is 2.17. The van der Waals surface area contributed by atoms with Crippen molar-refractivity contribution in [1.82, 2.24) is 5.32 Å². The topological polar surface area (TPSA) is 25.2 Å². The van der Waals surface area contributed by atoms with E-state index in [0.717, 1.165) is 18.5 Å². The smallest absolute Gasteiger partial charge is 0.197 e. The number of furan rings is 1. The van der Waals surface area contributed by atoms with Crippen molar-refractivity contribution < 1.29 is 4.42 Å². The molecule has 0 radical (unpaired) electrons. The summed E-state index contributed by atoms with van der Waals surface area (Å²) in [4.78, 5) is 0. The van der Waals surface area contributed by atoms with Crippen LogP contribution in [0.4, 0.5) is 0 Å². The number of rotatable bonds is 6. The van der Waals surface area contributed by atoms with Gasteiger partial charge in [-0.3, -0.25) is 0 Å². The first kappa shape index (κ1) is 14.6. The van der Waals surface area contributed by atoms with E-state index in [1.54, 1.807) is 6.26 Å². The molecule has 0 bridgehead atoms. The maximum absolute atomic E-state index is 6.03. The van der Waals surface area contributed by atoms with E-state index < -0.39 is 0 Å². The molecule has 17 heavy (non-hydrogen) atoms. The van der Waals surface area contributed by atoms with Crippen LogP contribution in [-0.4, -0.2) is 6.54 Å². The summed E-state index contributed by atoms with van der Waals surface area (Å²) in [6, 6.07) is 2.28. The van der Waals surface area contributed by atoms with Gasteiger partial charge in [-0.15, -0.1) is 0 Å². The summed E-state index contributed by atoms with van der Waals surface area (Å²) in [5.41, 5.74) is 1.49. The minimum absolute atomic E-state index is 0.314. The van der Waals surface area contributed by atoms with E-state index in [4.69, 9.17) is 16.0 Å². The summed E-state index contributed by atoms with van der Waals surface area (Å²) >= 11 is 6.03. The molecule has 0 aromatic carbocycles. The first-order valence-electron chi connectivity index (χ1n) is 6.40. The molecule has 1 rings (SSSR count). The van der Waals surface area contributed by atoms with Crippen LogP contribution in [0.2, 0.25) is 5.22 Å². The molecule has 0 saturated heterocycles. The average molecular weight is 258 g/mol. The van der Waals surface area contributed by atoms with Gasteiger partial charge in [0.2, 0.25) is 0 Å². The van der Waals surface area contributed by atoms with Gasteiger partial charge in [0.1, 0.15) is 0 Å². The van der Waals surface area contributed by atoms with Gasteiger partial charge >= 0.3 is 0 Å². The van der Waals surface area contributed by atoms with E-state index in [1.807, 2.05) is 6.07 Å². The van der Waals surface area contributed by atoms with Crippen molar-refractivity contribution in [3.8, 4) is 0 Å². The Morgan fingerprint density at radius 3 is 2.59 bits per heavy atom. The van der Waals surface area contributed by atoms with Gasteiger partial charge in [-0.25, -0.2) is 0 Å². The zero-order chi connectivity index (χ0) is 12.9. The van der Waals surface area contributed by atoms with Crippen molar-refractivity contribution >= 4 is 11.6 Å². The van der Waals surface area contributed by atoms with Gasteiger partial charge in [0.05, 0.1) is 6.26 Å². The molecule has 2 nitrogen and oxygen atoms in total. The Labute approximate surface area is 110 Å². The average Bonchev–Trinajstić information content (AvgIpc) is 2.61. The Balaban J connectivity index is 2.53. The van der Waals surface area contributed by atoms with E-state index in [2.05, 4.69) is 33.0 Å². The number of hydrogen-bond acceptors (Lipinski definition) is 2. The predicted octanol–water partition coefficient (Wildman–Crippen LogP) is 4.80. The molecule has 3 heteroatoms. The van der Waals surface area contributed by atoms with Crippen molar-refractivity contribution in [3.63, 3.8) is 0 Å². The Kier molecular flexibility index (Phi) is 5.54. The van der Waals surface area contributed by atoms with Crippen molar-refractivity contribution in [2.75, 3.05) is 6.54 Å². The largest absolute Gasteiger partial charge is 0.453 e. The standard InChI is InChI=1S/C14H24ClNO/c1-5-16-12(7-6-9-14(2,3)4)11-8-10-17-13(11)15/h8,10,12,16H,5-7,9H2,1-4H3. The molecule has 0 spiro atoms. The van der Waals surface area contributed by atoms with Crippen LogP contribution in [-0.2, 0) is 0 Å². The minimum atomic E-state index is 0.314. The molecule has 0 saturated carbocycles. The molecule has 0 aliphatic carbocycles. The summed E-state index contributed by atoms with van der Waals surface area (Å²) in [5, 5.41) is 3.99. The summed E-state index contributed by atoms with van der Waals surface area (Å²) in [6.45, 7) is 9.90. The van der Waals surface area contributed by atoms with E-state index in [9.17, 15) is 0 Å². The van der Waals surface area contributed by atoms with Gasteiger partial charge in [0.25, 0.3) is 0 Å². The molecule has 0 aliphatic rings. The maximum Gasteiger partial charge on any atom is 0.197 e. The highest BCUT2D eigenvalue weighted by atomic mass is 35.5. The molecule has 1 heterocycles. The molecule has 1 aromatic rings. The fraction of sp³-hybridized carbons (Fsp3) is 0.714. The van der Waals surface area contributed by atoms with E-state index in [0.29, 0.717) is 16.7 Å². The van der Waals surface area contributed by atoms with Gasteiger partial charge in [-0.2, -0.15) is 0 Å². The Hall–Kier alpha value is -0.470. The zero-order valence-corrected chi connectivity index (χ0v) is 12.1. The van der Waals surface area contributed by atoms with Crippen molar-refractivity contribution in [1.29, 1.82) is 0 Å². The Bertz CT molecular complexity index is 327. The summed E-state index contributed by atoms with van der Waals surface area (Å²) in [7, 11) is 0. The fourth-order valence-electron chi connectivity index (χ4n) is 2.00. The monoisotopic (exact) mass is 257 g/mol. The van der Waals surface area contributed by atoms with Crippen LogP contribution in [0.1, 0.15) is 58.6 Å². The lowest BCUT2D eigenvalue weighted by Gasteiger charge is -2.21. The first-order valence-corrected chi connectivity index (χ1v) is 6.78. The Morgan fingerprint density at radius 2 is 2.12 bits per heavy atom. The predicted molar refractivity (Wildman–Crippen MR) is 73.4 cm³/mol. The second-order valence-electron chi connectivity index (χ2n) is 5.71. The zero-order valence-electron chi connectivity index (χ0n) is 11.3. The number of halogens is 1. The van der Waals surface area contributed by atoms with Gasteiger partial charge in [-0.05, 0) is 42.5 Å². The lowest BCUT2D eigenvalue weighted by Crippen LogP contribution is -2.21. The molecule has 1 aromatic heterocycles. The lowest BCUT2D eigenvalue weighted by molar-refractivity contribution is 0.344. The van der Waals surface area contributed by atoms with E-state index in [-0.39, 0.29) is 0 Å². The number of nitrogens with one attached hydrogen (secondary N) is 1. The third-order valence-electron chi connectivity index (χ3n) is 2.89. The van der Waals surface area contributed by atoms with Crippen LogP contribution in [0.5, 0.6) is 0 Å². The van der Waals surface area contributed by atoms with Gasteiger partial charge in [0, 0.05) is 11.6 Å². The summed E-state index contributed by atoms with van der Waals surface area (Å²) in [5.74, 6) is 0. The second-order valence-corrected chi connectivity index (χ2v) is 6.06. The van der Waals surface area contributed by atoms with E-state index in [1.165, 1.54) is 12.8 Å². The highest BCUT2D eigenvalue weighted by Crippen LogP contribution is 2.30. The molecule has 1 N–H and O–H groups in total. The molecule has 1 atom stereocenters. The number of hydrogen-bond donors (Lipinski definition) is 1. The highest BCUT2D eigenvalue weighted by molar-refractivity contribution is 6.29. The second kappa shape index (κ2) is 6.46. The molecule has 0 aliphatic heterocycles. The Morgan fingerprint density at radius 1 is 1.41 bits per heavy atom. The summed E-state index contributed by atoms with van der Waals surface area (Å²) < 4.78 is 5.16. The lowest BCUT2D eigenvalue weighted by atomic mass is 9.88. The molecule has 98 valence electrons. The fourth-order valence-corrected chi connectivity index (χ4v) is 2.25.